The lowest BCUT2D eigenvalue weighted by molar-refractivity contribution is -0.0450. The smallest absolute Gasteiger partial charge is 0.320 e. The van der Waals surface area contributed by atoms with E-state index < -0.39 is 42.5 Å². The number of benzene rings is 2. The highest BCUT2D eigenvalue weighted by atomic mass is 16.3. The monoisotopic (exact) mass is 470 g/mol. The molecular weight excluding hydrogens is 432 g/mol. The molecule has 2 amide bonds. The van der Waals surface area contributed by atoms with Gasteiger partial charge in [0, 0.05) is 13.1 Å². The number of β-amino-alcohol motifs (C(OH)–C–C–N with tert-alkyl or cyclic N) is 2. The van der Waals surface area contributed by atoms with E-state index in [-0.39, 0.29) is 13.1 Å². The molecular formula is C27H38N2O5. The summed E-state index contributed by atoms with van der Waals surface area (Å²) in [5, 5.41) is 43.7. The van der Waals surface area contributed by atoms with Gasteiger partial charge in [-0.1, -0.05) is 74.5 Å². The van der Waals surface area contributed by atoms with Crippen molar-refractivity contribution in [3.05, 3.63) is 71.8 Å². The number of urea groups is 1. The van der Waals surface area contributed by atoms with E-state index in [2.05, 4.69) is 0 Å². The summed E-state index contributed by atoms with van der Waals surface area (Å²) in [7, 11) is 0. The van der Waals surface area contributed by atoms with Crippen molar-refractivity contribution in [2.24, 2.45) is 0 Å². The zero-order valence-corrected chi connectivity index (χ0v) is 20.1. The van der Waals surface area contributed by atoms with E-state index in [0.29, 0.717) is 25.7 Å². The summed E-state index contributed by atoms with van der Waals surface area (Å²) in [5.74, 6) is 0. The first-order valence-electron chi connectivity index (χ1n) is 12.2. The molecule has 1 aliphatic rings. The number of aliphatic hydroxyl groups is 4. The summed E-state index contributed by atoms with van der Waals surface area (Å²) in [4.78, 5) is 16.9. The molecule has 0 saturated carbocycles. The number of carbonyl (C=O) groups excluding carboxylic acids is 1. The normalized spacial score (nSPS) is 25.2. The SMILES string of the molecule is CCC(O)CN1C(=O)N(CC(O)CC)[C@H](Cc2ccccc2)[C@H](O)[C@@H](O)[C@H]1Cc1ccccc1. The molecule has 1 fully saturated rings. The largest absolute Gasteiger partial charge is 0.391 e. The third kappa shape index (κ3) is 6.36. The van der Waals surface area contributed by atoms with E-state index in [0.717, 1.165) is 11.1 Å². The maximum Gasteiger partial charge on any atom is 0.320 e. The Labute approximate surface area is 202 Å². The average Bonchev–Trinajstić information content (AvgIpc) is 2.92. The van der Waals surface area contributed by atoms with Crippen LogP contribution in [0, 0.1) is 0 Å². The molecule has 1 saturated heterocycles. The van der Waals surface area contributed by atoms with Crippen LogP contribution in [0.4, 0.5) is 4.79 Å². The summed E-state index contributed by atoms with van der Waals surface area (Å²) in [6, 6.07) is 17.2. The van der Waals surface area contributed by atoms with Gasteiger partial charge in [-0.3, -0.25) is 0 Å². The van der Waals surface area contributed by atoms with E-state index in [4.69, 9.17) is 0 Å². The Balaban J connectivity index is 2.03. The molecule has 2 aromatic carbocycles. The predicted molar refractivity (Wildman–Crippen MR) is 131 cm³/mol. The van der Waals surface area contributed by atoms with Crippen molar-refractivity contribution in [2.75, 3.05) is 13.1 Å². The average molecular weight is 471 g/mol. The van der Waals surface area contributed by atoms with E-state index in [1.807, 2.05) is 74.5 Å². The molecule has 186 valence electrons. The molecule has 0 aliphatic carbocycles. The Morgan fingerprint density at radius 1 is 0.706 bits per heavy atom. The number of rotatable bonds is 10. The zero-order valence-electron chi connectivity index (χ0n) is 20.1. The van der Waals surface area contributed by atoms with Crippen LogP contribution in [-0.2, 0) is 12.8 Å². The minimum atomic E-state index is -1.23. The van der Waals surface area contributed by atoms with Crippen LogP contribution in [0.25, 0.3) is 0 Å². The van der Waals surface area contributed by atoms with Gasteiger partial charge in [-0.2, -0.15) is 0 Å². The Kier molecular flexibility index (Phi) is 9.47. The van der Waals surface area contributed by atoms with Crippen molar-refractivity contribution in [3.63, 3.8) is 0 Å². The first-order chi connectivity index (χ1) is 16.3. The van der Waals surface area contributed by atoms with Gasteiger partial charge in [-0.05, 0) is 36.8 Å². The van der Waals surface area contributed by atoms with Gasteiger partial charge in [0.25, 0.3) is 0 Å². The van der Waals surface area contributed by atoms with Crippen LogP contribution in [0.3, 0.4) is 0 Å². The highest BCUT2D eigenvalue weighted by Gasteiger charge is 2.46. The predicted octanol–water partition coefficient (Wildman–Crippen LogP) is 2.21. The Morgan fingerprint density at radius 3 is 1.38 bits per heavy atom. The van der Waals surface area contributed by atoms with Gasteiger partial charge in [0.15, 0.2) is 0 Å². The maximum atomic E-state index is 13.9. The zero-order chi connectivity index (χ0) is 24.7. The summed E-state index contributed by atoms with van der Waals surface area (Å²) in [6.07, 6.45) is -2.42. The number of aliphatic hydroxyl groups excluding tert-OH is 4. The molecule has 2 aromatic rings. The van der Waals surface area contributed by atoms with E-state index in [1.54, 1.807) is 0 Å². The van der Waals surface area contributed by atoms with Crippen molar-refractivity contribution in [2.45, 2.75) is 76.0 Å². The van der Waals surface area contributed by atoms with Crippen molar-refractivity contribution in [1.29, 1.82) is 0 Å². The van der Waals surface area contributed by atoms with Crippen LogP contribution in [0.2, 0.25) is 0 Å². The summed E-state index contributed by atoms with van der Waals surface area (Å²) >= 11 is 0. The second-order valence-electron chi connectivity index (χ2n) is 9.21. The molecule has 4 N–H and O–H groups in total. The fraction of sp³-hybridized carbons (Fsp3) is 0.519. The highest BCUT2D eigenvalue weighted by Crippen LogP contribution is 2.28. The van der Waals surface area contributed by atoms with E-state index in [1.165, 1.54) is 9.80 Å². The maximum absolute atomic E-state index is 13.9. The number of hydrogen-bond donors (Lipinski definition) is 4. The number of nitrogens with zero attached hydrogens (tertiary/aromatic N) is 2. The van der Waals surface area contributed by atoms with E-state index >= 15 is 0 Å². The number of carbonyl (C=O) groups is 1. The molecule has 0 bridgehead atoms. The number of hydrogen-bond acceptors (Lipinski definition) is 5. The van der Waals surface area contributed by atoms with Crippen LogP contribution >= 0.6 is 0 Å². The fourth-order valence-corrected chi connectivity index (χ4v) is 4.58. The van der Waals surface area contributed by atoms with Crippen LogP contribution < -0.4 is 0 Å². The van der Waals surface area contributed by atoms with Gasteiger partial charge in [-0.25, -0.2) is 4.79 Å². The molecule has 2 unspecified atom stereocenters. The van der Waals surface area contributed by atoms with Crippen molar-refractivity contribution in [1.82, 2.24) is 9.80 Å². The standard InChI is InChI=1S/C27H38N2O5/c1-3-21(30)17-28-23(15-19-11-7-5-8-12-19)25(32)26(33)24(16-20-13-9-6-10-14-20)29(27(28)34)18-22(31)4-2/h5-14,21-26,30-33H,3-4,15-18H2,1-2H3/t21?,22?,23-,24-,25+,26+/m1/s1. The lowest BCUT2D eigenvalue weighted by atomic mass is 9.91. The second kappa shape index (κ2) is 12.3. The van der Waals surface area contributed by atoms with Crippen molar-refractivity contribution in [3.8, 4) is 0 Å². The Hall–Kier alpha value is -2.45. The van der Waals surface area contributed by atoms with Crippen LogP contribution in [-0.4, -0.2) is 85.8 Å². The molecule has 7 nitrogen and oxygen atoms in total. The first-order valence-corrected chi connectivity index (χ1v) is 12.2. The topological polar surface area (TPSA) is 104 Å². The lowest BCUT2D eigenvalue weighted by Gasteiger charge is -2.37. The van der Waals surface area contributed by atoms with Gasteiger partial charge in [0.05, 0.1) is 24.3 Å². The van der Waals surface area contributed by atoms with Gasteiger partial charge < -0.3 is 30.2 Å². The molecule has 6 atom stereocenters. The molecule has 1 aliphatic heterocycles. The van der Waals surface area contributed by atoms with Crippen LogP contribution in [0.5, 0.6) is 0 Å². The van der Waals surface area contributed by atoms with E-state index in [9.17, 15) is 25.2 Å². The lowest BCUT2D eigenvalue weighted by Crippen LogP contribution is -2.54. The molecule has 34 heavy (non-hydrogen) atoms. The molecule has 7 heteroatoms. The van der Waals surface area contributed by atoms with Gasteiger partial charge in [0.2, 0.25) is 0 Å². The van der Waals surface area contributed by atoms with Crippen LogP contribution in [0.15, 0.2) is 60.7 Å². The third-order valence-corrected chi connectivity index (χ3v) is 6.76. The second-order valence-corrected chi connectivity index (χ2v) is 9.21. The molecule has 0 radical (unpaired) electrons. The third-order valence-electron chi connectivity index (χ3n) is 6.76. The minimum absolute atomic E-state index is 0.0351. The van der Waals surface area contributed by atoms with Crippen molar-refractivity contribution < 1.29 is 25.2 Å². The van der Waals surface area contributed by atoms with Gasteiger partial charge >= 0.3 is 6.03 Å². The summed E-state index contributed by atoms with van der Waals surface area (Å²) in [5.41, 5.74) is 1.84. The van der Waals surface area contributed by atoms with Gasteiger partial charge in [-0.15, -0.1) is 0 Å². The Bertz CT molecular complexity index is 810. The molecule has 0 aromatic heterocycles. The fourth-order valence-electron chi connectivity index (χ4n) is 4.58. The summed E-state index contributed by atoms with van der Waals surface area (Å²) < 4.78 is 0. The summed E-state index contributed by atoms with van der Waals surface area (Å²) in [6.45, 7) is 3.74. The number of amides is 2. The molecule has 0 spiro atoms. The van der Waals surface area contributed by atoms with Crippen LogP contribution in [0.1, 0.15) is 37.8 Å². The van der Waals surface area contributed by atoms with Gasteiger partial charge in [0.1, 0.15) is 12.2 Å². The minimum Gasteiger partial charge on any atom is -0.391 e. The quantitative estimate of drug-likeness (QED) is 0.426. The Morgan fingerprint density at radius 2 is 1.06 bits per heavy atom. The van der Waals surface area contributed by atoms with Crippen molar-refractivity contribution >= 4 is 6.03 Å². The molecule has 1 heterocycles. The highest BCUT2D eigenvalue weighted by molar-refractivity contribution is 5.76. The molecule has 3 rings (SSSR count). The first kappa shape index (κ1) is 26.2.